The number of benzene rings is 2. The van der Waals surface area contributed by atoms with Crippen LogP contribution in [0.1, 0.15) is 16.7 Å². The summed E-state index contributed by atoms with van der Waals surface area (Å²) in [6, 6.07) is 17.8. The highest BCUT2D eigenvalue weighted by Crippen LogP contribution is 2.30. The number of morpholine rings is 1. The number of rotatable bonds is 5. The van der Waals surface area contributed by atoms with Gasteiger partial charge in [-0.05, 0) is 18.2 Å². The summed E-state index contributed by atoms with van der Waals surface area (Å²) in [5.41, 5.74) is 2.87. The third-order valence-corrected chi connectivity index (χ3v) is 6.35. The number of carbonyl (C=O) groups excluding carboxylic acids is 1. The molecule has 0 spiro atoms. The number of hydrogen-bond acceptors (Lipinski definition) is 9. The third-order valence-electron chi connectivity index (χ3n) is 6.35. The predicted octanol–water partition coefficient (Wildman–Crippen LogP) is 3.51. The number of ether oxygens (including phenoxy) is 1. The largest absolute Gasteiger partial charge is 0.403 e. The van der Waals surface area contributed by atoms with Gasteiger partial charge in [0.15, 0.2) is 11.9 Å². The molecule has 0 unspecified atom stereocenters. The molecule has 37 heavy (non-hydrogen) atoms. The minimum atomic E-state index is -1.04. The molecule has 0 amide bonds. The van der Waals surface area contributed by atoms with Crippen LogP contribution in [0.15, 0.2) is 76.3 Å². The molecular weight excluding hydrogens is 475 g/mol. The summed E-state index contributed by atoms with van der Waals surface area (Å²) in [5.74, 6) is 0.233. The van der Waals surface area contributed by atoms with E-state index in [1.54, 1.807) is 24.4 Å². The molecule has 10 heteroatoms. The van der Waals surface area contributed by atoms with Crippen LogP contribution in [0.2, 0.25) is 0 Å². The van der Waals surface area contributed by atoms with Gasteiger partial charge in [0.05, 0.1) is 24.5 Å². The molecule has 4 heterocycles. The zero-order valence-electron chi connectivity index (χ0n) is 19.8. The van der Waals surface area contributed by atoms with E-state index in [1.165, 1.54) is 6.07 Å². The number of ketones is 1. The Bertz CT molecular complexity index is 1470. The summed E-state index contributed by atoms with van der Waals surface area (Å²) in [6.07, 6.45) is 0.553. The van der Waals surface area contributed by atoms with Crippen molar-refractivity contribution in [2.75, 3.05) is 36.5 Å². The zero-order valence-corrected chi connectivity index (χ0v) is 19.8. The van der Waals surface area contributed by atoms with Gasteiger partial charge >= 0.3 is 6.01 Å². The highest BCUT2D eigenvalue weighted by Gasteiger charge is 2.29. The number of carbonyl (C=O) groups is 1. The lowest BCUT2D eigenvalue weighted by Gasteiger charge is -2.28. The van der Waals surface area contributed by atoms with Crippen molar-refractivity contribution in [2.45, 2.75) is 12.6 Å². The van der Waals surface area contributed by atoms with Crippen LogP contribution >= 0.6 is 0 Å². The monoisotopic (exact) mass is 498 g/mol. The fourth-order valence-corrected chi connectivity index (χ4v) is 4.54. The lowest BCUT2D eigenvalue weighted by Crippen LogP contribution is -2.37. The molecule has 6 rings (SSSR count). The molecule has 2 aliphatic heterocycles. The average Bonchev–Trinajstić information content (AvgIpc) is 3.36. The van der Waals surface area contributed by atoms with Gasteiger partial charge in [0.1, 0.15) is 11.6 Å². The van der Waals surface area contributed by atoms with Crippen LogP contribution in [0.4, 0.5) is 16.2 Å². The molecule has 2 aromatic carbocycles. The molecule has 0 radical (unpaired) electrons. The summed E-state index contributed by atoms with van der Waals surface area (Å²) in [5, 5.41) is 11.3. The number of aromatic nitrogens is 3. The first kappa shape index (κ1) is 23.0. The number of pyridine rings is 1. The van der Waals surface area contributed by atoms with Gasteiger partial charge < -0.3 is 19.4 Å². The Morgan fingerprint density at radius 2 is 1.76 bits per heavy atom. The Balaban J connectivity index is 1.33. The highest BCUT2D eigenvalue weighted by atomic mass is 19.1. The molecule has 1 atom stereocenters. The molecule has 4 aromatic rings. The molecule has 0 saturated carbocycles. The van der Waals surface area contributed by atoms with Crippen LogP contribution in [0.25, 0.3) is 11.5 Å². The number of hydrogen-bond donors (Lipinski definition) is 1. The normalized spacial score (nSPS) is 17.6. The number of aliphatic imine (C=N–C) groups is 1. The number of nitrogens with zero attached hydrogens (tertiary/aromatic N) is 5. The van der Waals surface area contributed by atoms with E-state index in [0.717, 1.165) is 11.4 Å². The Morgan fingerprint density at radius 1 is 0.946 bits per heavy atom. The van der Waals surface area contributed by atoms with Crippen molar-refractivity contribution in [3.05, 3.63) is 89.4 Å². The van der Waals surface area contributed by atoms with Gasteiger partial charge in [-0.3, -0.25) is 9.79 Å². The van der Waals surface area contributed by atoms with Gasteiger partial charge in [-0.1, -0.05) is 47.6 Å². The van der Waals surface area contributed by atoms with Crippen molar-refractivity contribution >= 4 is 23.3 Å². The van der Waals surface area contributed by atoms with E-state index in [2.05, 4.69) is 25.4 Å². The summed E-state index contributed by atoms with van der Waals surface area (Å²) in [7, 11) is 0. The second kappa shape index (κ2) is 9.90. The summed E-state index contributed by atoms with van der Waals surface area (Å²) >= 11 is 0. The van der Waals surface area contributed by atoms with Crippen LogP contribution in [-0.2, 0) is 16.0 Å². The van der Waals surface area contributed by atoms with Gasteiger partial charge in [0.2, 0.25) is 0 Å². The van der Waals surface area contributed by atoms with Crippen molar-refractivity contribution in [1.82, 2.24) is 15.2 Å². The van der Waals surface area contributed by atoms with Crippen LogP contribution in [0.5, 0.6) is 0 Å². The molecule has 2 aliphatic rings. The molecule has 9 nitrogen and oxygen atoms in total. The molecule has 186 valence electrons. The molecule has 1 saturated heterocycles. The molecule has 1 fully saturated rings. The predicted molar refractivity (Wildman–Crippen MR) is 135 cm³/mol. The average molecular weight is 499 g/mol. The number of fused-ring (bicyclic) bond motifs is 1. The standard InChI is InChI=1S/C27H23FN6O3/c28-21-10-4-8-18-20(21)16-22(35)24(30-23(18)17-6-2-1-3-7-17)31-27-33-32-26(37-27)19-9-5-11-29-25(19)34-12-14-36-15-13-34/h1-11,24H,12-16H2,(H,31,33)/t24-/m1/s1. The van der Waals surface area contributed by atoms with Crippen LogP contribution in [0.3, 0.4) is 0 Å². The van der Waals surface area contributed by atoms with E-state index >= 15 is 0 Å². The van der Waals surface area contributed by atoms with Crippen LogP contribution in [-0.4, -0.2) is 59.1 Å². The van der Waals surface area contributed by atoms with E-state index < -0.39 is 12.0 Å². The fourth-order valence-electron chi connectivity index (χ4n) is 4.54. The van der Waals surface area contributed by atoms with Gasteiger partial charge in [0, 0.05) is 42.4 Å². The van der Waals surface area contributed by atoms with Crippen molar-refractivity contribution in [3.8, 4) is 11.5 Å². The van der Waals surface area contributed by atoms with Gasteiger partial charge in [-0.15, -0.1) is 5.10 Å². The second-order valence-corrected chi connectivity index (χ2v) is 8.69. The Morgan fingerprint density at radius 3 is 2.59 bits per heavy atom. The molecule has 0 bridgehead atoms. The Labute approximate surface area is 212 Å². The van der Waals surface area contributed by atoms with Gasteiger partial charge in [0.25, 0.3) is 5.89 Å². The quantitative estimate of drug-likeness (QED) is 0.446. The smallest absolute Gasteiger partial charge is 0.317 e. The number of Topliss-reactive ketones (excluding diaryl/α,β-unsaturated/α-hetero) is 1. The van der Waals surface area contributed by atoms with Gasteiger partial charge in [-0.2, -0.15) is 0 Å². The SMILES string of the molecule is O=C1Cc2c(F)cccc2C(c2ccccc2)=N[C@@H]1Nc1nnc(-c2cccnc2N2CCOCC2)o1. The first-order chi connectivity index (χ1) is 18.2. The topological polar surface area (TPSA) is 106 Å². The molecule has 0 aliphatic carbocycles. The number of halogens is 1. The molecular formula is C27H23FN6O3. The van der Waals surface area contributed by atoms with Crippen molar-refractivity contribution in [3.63, 3.8) is 0 Å². The minimum Gasteiger partial charge on any atom is -0.403 e. The Hall–Kier alpha value is -4.44. The second-order valence-electron chi connectivity index (χ2n) is 8.69. The summed E-state index contributed by atoms with van der Waals surface area (Å²) < 4.78 is 26.1. The van der Waals surface area contributed by atoms with E-state index in [-0.39, 0.29) is 24.1 Å². The Kier molecular flexibility index (Phi) is 6.15. The van der Waals surface area contributed by atoms with Crippen LogP contribution in [0, 0.1) is 5.82 Å². The maximum absolute atomic E-state index is 14.8. The van der Waals surface area contributed by atoms with Crippen molar-refractivity contribution in [1.29, 1.82) is 0 Å². The number of nitrogens with one attached hydrogen (secondary N) is 1. The first-order valence-corrected chi connectivity index (χ1v) is 12.0. The maximum atomic E-state index is 14.8. The number of anilines is 2. The van der Waals surface area contributed by atoms with E-state index in [0.29, 0.717) is 48.7 Å². The van der Waals surface area contributed by atoms with Gasteiger partial charge in [-0.25, -0.2) is 9.37 Å². The maximum Gasteiger partial charge on any atom is 0.317 e. The van der Waals surface area contributed by atoms with Crippen LogP contribution < -0.4 is 10.2 Å². The lowest BCUT2D eigenvalue weighted by molar-refractivity contribution is -0.119. The van der Waals surface area contributed by atoms with Crippen molar-refractivity contribution < 1.29 is 18.3 Å². The molecule has 2 aromatic heterocycles. The van der Waals surface area contributed by atoms with Crippen molar-refractivity contribution in [2.24, 2.45) is 4.99 Å². The highest BCUT2D eigenvalue weighted by molar-refractivity contribution is 6.16. The summed E-state index contributed by atoms with van der Waals surface area (Å²) in [6.45, 7) is 2.63. The lowest BCUT2D eigenvalue weighted by atomic mass is 9.95. The zero-order chi connectivity index (χ0) is 25.2. The van der Waals surface area contributed by atoms with E-state index in [9.17, 15) is 9.18 Å². The first-order valence-electron chi connectivity index (χ1n) is 12.0. The minimum absolute atomic E-state index is 0.0349. The summed E-state index contributed by atoms with van der Waals surface area (Å²) in [4.78, 5) is 24.5. The third kappa shape index (κ3) is 4.58. The fraction of sp³-hybridized carbons (Fsp3) is 0.222. The van der Waals surface area contributed by atoms with E-state index in [4.69, 9.17) is 14.1 Å². The van der Waals surface area contributed by atoms with E-state index in [1.807, 2.05) is 36.4 Å². The molecule has 1 N–H and O–H groups in total.